The van der Waals surface area contributed by atoms with Crippen LogP contribution >= 0.6 is 0 Å². The summed E-state index contributed by atoms with van der Waals surface area (Å²) < 4.78 is 0. The topological polar surface area (TPSA) is 55.1 Å². The van der Waals surface area contributed by atoms with Gasteiger partial charge in [-0.2, -0.15) is 0 Å². The Bertz CT molecular complexity index is 241. The number of amides is 1. The normalized spacial score (nSPS) is 24.2. The van der Waals surface area contributed by atoms with Gasteiger partial charge < -0.3 is 11.1 Å². The monoisotopic (exact) mass is 254 g/mol. The van der Waals surface area contributed by atoms with E-state index in [1.165, 1.54) is 25.7 Å². The summed E-state index contributed by atoms with van der Waals surface area (Å²) in [6.45, 7) is 5.32. The Kier molecular flexibility index (Phi) is 7.33. The molecule has 1 aliphatic carbocycles. The van der Waals surface area contributed by atoms with Crippen molar-refractivity contribution in [3.05, 3.63) is 0 Å². The highest BCUT2D eigenvalue weighted by Gasteiger charge is 2.21. The van der Waals surface area contributed by atoms with Gasteiger partial charge in [-0.25, -0.2) is 0 Å². The van der Waals surface area contributed by atoms with Crippen molar-refractivity contribution < 1.29 is 4.79 Å². The van der Waals surface area contributed by atoms with E-state index < -0.39 is 0 Å². The third-order valence-electron chi connectivity index (χ3n) is 3.83. The van der Waals surface area contributed by atoms with Crippen LogP contribution in [-0.2, 0) is 4.79 Å². The molecule has 0 saturated heterocycles. The highest BCUT2D eigenvalue weighted by Crippen LogP contribution is 2.25. The minimum Gasteiger partial charge on any atom is -0.356 e. The SMILES string of the molecule is CC(C)CCCCNC(=O)CC1CCCC(N)C1. The molecule has 0 bridgehead atoms. The van der Waals surface area contributed by atoms with Gasteiger partial charge in [-0.3, -0.25) is 4.79 Å². The maximum atomic E-state index is 11.8. The summed E-state index contributed by atoms with van der Waals surface area (Å²) >= 11 is 0. The van der Waals surface area contributed by atoms with Crippen LogP contribution in [0.2, 0.25) is 0 Å². The lowest BCUT2D eigenvalue weighted by atomic mass is 9.84. The Morgan fingerprint density at radius 2 is 2.11 bits per heavy atom. The van der Waals surface area contributed by atoms with E-state index in [9.17, 15) is 4.79 Å². The first kappa shape index (κ1) is 15.5. The quantitative estimate of drug-likeness (QED) is 0.686. The second-order valence-electron chi connectivity index (χ2n) is 6.24. The molecule has 0 aromatic rings. The van der Waals surface area contributed by atoms with Crippen molar-refractivity contribution in [2.45, 2.75) is 71.3 Å². The van der Waals surface area contributed by atoms with Crippen LogP contribution in [-0.4, -0.2) is 18.5 Å². The molecule has 3 N–H and O–H groups in total. The number of hydrogen-bond donors (Lipinski definition) is 2. The first-order valence-corrected chi connectivity index (χ1v) is 7.60. The summed E-state index contributed by atoms with van der Waals surface area (Å²) in [4.78, 5) is 11.8. The van der Waals surface area contributed by atoms with Crippen LogP contribution in [0.1, 0.15) is 65.2 Å². The van der Waals surface area contributed by atoms with Crippen molar-refractivity contribution in [1.29, 1.82) is 0 Å². The van der Waals surface area contributed by atoms with Gasteiger partial charge in [-0.15, -0.1) is 0 Å². The van der Waals surface area contributed by atoms with E-state index in [-0.39, 0.29) is 5.91 Å². The molecule has 1 fully saturated rings. The zero-order chi connectivity index (χ0) is 13.4. The Hall–Kier alpha value is -0.570. The molecule has 1 saturated carbocycles. The largest absolute Gasteiger partial charge is 0.356 e. The van der Waals surface area contributed by atoms with Crippen LogP contribution < -0.4 is 11.1 Å². The molecule has 3 heteroatoms. The minimum atomic E-state index is 0.221. The number of carbonyl (C=O) groups is 1. The maximum absolute atomic E-state index is 11.8. The van der Waals surface area contributed by atoms with Crippen molar-refractivity contribution in [3.63, 3.8) is 0 Å². The number of carbonyl (C=O) groups excluding carboxylic acids is 1. The Morgan fingerprint density at radius 3 is 2.78 bits per heavy atom. The predicted octanol–water partition coefficient (Wildman–Crippen LogP) is 2.84. The van der Waals surface area contributed by atoms with Crippen molar-refractivity contribution in [3.8, 4) is 0 Å². The van der Waals surface area contributed by atoms with Crippen LogP contribution in [0.4, 0.5) is 0 Å². The summed E-state index contributed by atoms with van der Waals surface area (Å²) in [5.41, 5.74) is 5.94. The van der Waals surface area contributed by atoms with Gasteiger partial charge in [0.15, 0.2) is 0 Å². The Labute approximate surface area is 112 Å². The van der Waals surface area contributed by atoms with Crippen molar-refractivity contribution >= 4 is 5.91 Å². The van der Waals surface area contributed by atoms with E-state index >= 15 is 0 Å². The molecule has 0 aromatic carbocycles. The predicted molar refractivity (Wildman–Crippen MR) is 76.2 cm³/mol. The molecule has 0 aromatic heterocycles. The van der Waals surface area contributed by atoms with Crippen LogP contribution in [0.3, 0.4) is 0 Å². The Morgan fingerprint density at radius 1 is 1.33 bits per heavy atom. The zero-order valence-electron chi connectivity index (χ0n) is 12.1. The van der Waals surface area contributed by atoms with Crippen molar-refractivity contribution in [2.24, 2.45) is 17.6 Å². The first-order valence-electron chi connectivity index (χ1n) is 7.60. The second-order valence-corrected chi connectivity index (χ2v) is 6.24. The molecular formula is C15H30N2O. The molecule has 2 unspecified atom stereocenters. The summed E-state index contributed by atoms with van der Waals surface area (Å²) in [6.07, 6.45) is 8.78. The number of nitrogens with two attached hydrogens (primary N) is 1. The highest BCUT2D eigenvalue weighted by molar-refractivity contribution is 5.76. The maximum Gasteiger partial charge on any atom is 0.220 e. The van der Waals surface area contributed by atoms with Gasteiger partial charge in [-0.05, 0) is 37.5 Å². The molecule has 3 nitrogen and oxygen atoms in total. The van der Waals surface area contributed by atoms with E-state index in [2.05, 4.69) is 19.2 Å². The van der Waals surface area contributed by atoms with Gasteiger partial charge in [-0.1, -0.05) is 33.1 Å². The van der Waals surface area contributed by atoms with E-state index in [0.717, 1.165) is 31.7 Å². The first-order chi connectivity index (χ1) is 8.58. The molecule has 1 aliphatic rings. The Balaban J connectivity index is 2.03. The second kappa shape index (κ2) is 8.52. The fourth-order valence-corrected chi connectivity index (χ4v) is 2.76. The standard InChI is InChI=1S/C15H30N2O/c1-12(2)6-3-4-9-17-15(18)11-13-7-5-8-14(16)10-13/h12-14H,3-11,16H2,1-2H3,(H,17,18). The molecule has 1 rings (SSSR count). The van der Waals surface area contributed by atoms with Gasteiger partial charge >= 0.3 is 0 Å². The summed E-state index contributed by atoms with van der Waals surface area (Å²) in [6, 6.07) is 0.322. The highest BCUT2D eigenvalue weighted by atomic mass is 16.1. The number of nitrogens with one attached hydrogen (secondary N) is 1. The summed E-state index contributed by atoms with van der Waals surface area (Å²) in [5.74, 6) is 1.51. The number of rotatable bonds is 7. The van der Waals surface area contributed by atoms with E-state index in [1.807, 2.05) is 0 Å². The molecule has 18 heavy (non-hydrogen) atoms. The zero-order valence-corrected chi connectivity index (χ0v) is 12.1. The van der Waals surface area contributed by atoms with Gasteiger partial charge in [0.25, 0.3) is 0 Å². The lowest BCUT2D eigenvalue weighted by Crippen LogP contribution is -2.32. The van der Waals surface area contributed by atoms with Crippen molar-refractivity contribution in [2.75, 3.05) is 6.54 Å². The fraction of sp³-hybridized carbons (Fsp3) is 0.933. The smallest absolute Gasteiger partial charge is 0.220 e. The number of hydrogen-bond acceptors (Lipinski definition) is 2. The molecule has 2 atom stereocenters. The van der Waals surface area contributed by atoms with Crippen LogP contribution in [0.25, 0.3) is 0 Å². The lowest BCUT2D eigenvalue weighted by molar-refractivity contribution is -0.122. The fourth-order valence-electron chi connectivity index (χ4n) is 2.76. The van der Waals surface area contributed by atoms with E-state index in [0.29, 0.717) is 18.4 Å². The van der Waals surface area contributed by atoms with Crippen LogP contribution in [0.5, 0.6) is 0 Å². The third kappa shape index (κ3) is 7.00. The van der Waals surface area contributed by atoms with E-state index in [4.69, 9.17) is 5.73 Å². The van der Waals surface area contributed by atoms with Crippen molar-refractivity contribution in [1.82, 2.24) is 5.32 Å². The van der Waals surface area contributed by atoms with Gasteiger partial charge in [0, 0.05) is 19.0 Å². The third-order valence-corrected chi connectivity index (χ3v) is 3.83. The average molecular weight is 254 g/mol. The lowest BCUT2D eigenvalue weighted by Gasteiger charge is -2.26. The summed E-state index contributed by atoms with van der Waals surface area (Å²) in [7, 11) is 0. The summed E-state index contributed by atoms with van der Waals surface area (Å²) in [5, 5.41) is 3.04. The molecule has 1 amide bonds. The molecule has 0 radical (unpaired) electrons. The molecule has 0 aliphatic heterocycles. The molecule has 0 heterocycles. The van der Waals surface area contributed by atoms with Gasteiger partial charge in [0.1, 0.15) is 0 Å². The molecule has 0 spiro atoms. The molecular weight excluding hydrogens is 224 g/mol. The van der Waals surface area contributed by atoms with E-state index in [1.54, 1.807) is 0 Å². The average Bonchev–Trinajstić information content (AvgIpc) is 2.28. The van der Waals surface area contributed by atoms with Gasteiger partial charge in [0.2, 0.25) is 5.91 Å². The minimum absolute atomic E-state index is 0.221. The molecule has 106 valence electrons. The van der Waals surface area contributed by atoms with Crippen LogP contribution in [0, 0.1) is 11.8 Å². The van der Waals surface area contributed by atoms with Gasteiger partial charge in [0.05, 0.1) is 0 Å². The van der Waals surface area contributed by atoms with Crippen LogP contribution in [0.15, 0.2) is 0 Å². The number of unbranched alkanes of at least 4 members (excludes halogenated alkanes) is 1.